The molecule has 0 saturated heterocycles. The molecule has 0 saturated carbocycles. The zero-order valence-electron chi connectivity index (χ0n) is 6.26. The molecule has 11 heavy (non-hydrogen) atoms. The lowest BCUT2D eigenvalue weighted by Gasteiger charge is -1.92. The van der Waals surface area contributed by atoms with Crippen LogP contribution in [-0.4, -0.2) is 0 Å². The van der Waals surface area contributed by atoms with E-state index in [4.69, 9.17) is 5.26 Å². The Balaban J connectivity index is 0.000001000. The maximum atomic E-state index is 8.51. The summed E-state index contributed by atoms with van der Waals surface area (Å²) in [6.45, 7) is 2.05. The van der Waals surface area contributed by atoms with E-state index in [1.54, 1.807) is 0 Å². The van der Waals surface area contributed by atoms with Crippen molar-refractivity contribution in [3.05, 3.63) is 29.3 Å². The predicted octanol–water partition coefficient (Wildman–Crippen LogP) is -1.90. The molecule has 0 heterocycles. The first kappa shape index (κ1) is 10.4. The van der Waals surface area contributed by atoms with E-state index in [9.17, 15) is 0 Å². The van der Waals surface area contributed by atoms with Crippen LogP contribution in [0, 0.1) is 18.3 Å². The van der Waals surface area contributed by atoms with Gasteiger partial charge in [-0.25, -0.2) is 0 Å². The van der Waals surface area contributed by atoms with Crippen LogP contribution in [0.4, 0.5) is 0 Å². The second-order valence-electron chi connectivity index (χ2n) is 2.25. The monoisotopic (exact) mass is 185 g/mol. The lowest BCUT2D eigenvalue weighted by atomic mass is 10.2. The largest absolute Gasteiger partial charge is 1.00 e. The summed E-state index contributed by atoms with van der Waals surface area (Å²) in [4.78, 5) is 0. The molecule has 1 nitrogen and oxygen atoms in total. The van der Waals surface area contributed by atoms with Gasteiger partial charge in [0.05, 0.1) is 16.9 Å². The quantitative estimate of drug-likeness (QED) is 0.434. The highest BCUT2D eigenvalue weighted by atomic mass is 35.5. The fourth-order valence-electron chi connectivity index (χ4n) is 0.741. The Labute approximate surface area is 75.0 Å². The summed E-state index contributed by atoms with van der Waals surface area (Å²) >= 11 is 0. The van der Waals surface area contributed by atoms with Crippen molar-refractivity contribution in [1.29, 1.82) is 5.26 Å². The molecule has 1 rings (SSSR count). The lowest BCUT2D eigenvalue weighted by molar-refractivity contribution is -0.00000221. The number of hydrogen-bond donors (Lipinski definition) is 0. The summed E-state index contributed by atoms with van der Waals surface area (Å²) in [7, 11) is 1.81. The Morgan fingerprint density at radius 3 is 2.55 bits per heavy atom. The molecule has 0 spiro atoms. The Bertz CT molecular complexity index is 291. The molecule has 58 valence electrons. The lowest BCUT2D eigenvalue weighted by Crippen LogP contribution is -3.00. The van der Waals surface area contributed by atoms with Crippen molar-refractivity contribution in [1.82, 2.24) is 0 Å². The Hall–Kier alpha value is -0.570. The zero-order chi connectivity index (χ0) is 7.56. The summed E-state index contributed by atoms with van der Waals surface area (Å²) in [6.07, 6.45) is 0. The molecule has 1 aromatic rings. The van der Waals surface area contributed by atoms with Gasteiger partial charge in [0.15, 0.2) is 0 Å². The van der Waals surface area contributed by atoms with Crippen molar-refractivity contribution in [2.75, 3.05) is 0 Å². The van der Waals surface area contributed by atoms with Crippen LogP contribution >= 0.6 is 9.24 Å². The van der Waals surface area contributed by atoms with Crippen LogP contribution in [-0.2, 0) is 0 Å². The number of rotatable bonds is 0. The summed E-state index contributed by atoms with van der Waals surface area (Å²) in [5, 5.41) is 9.71. The van der Waals surface area contributed by atoms with Gasteiger partial charge < -0.3 is 12.4 Å². The molecule has 0 fully saturated rings. The molecule has 0 aliphatic heterocycles. The normalized spacial score (nSPS) is 8.36. The molecular weight excluding hydrogens is 177 g/mol. The van der Waals surface area contributed by atoms with Gasteiger partial charge in [0, 0.05) is 9.24 Å². The van der Waals surface area contributed by atoms with Gasteiger partial charge in [0.25, 0.3) is 0 Å². The smallest absolute Gasteiger partial charge is 0.0993 e. The molecule has 0 N–H and O–H groups in total. The van der Waals surface area contributed by atoms with Crippen LogP contribution in [0.5, 0.6) is 0 Å². The standard InChI is InChI=1S/C8H8NP.ClH/c1-6-2-3-7(5-9)4-8(6)10;/h2-4H,10H2,1H3;1H. The highest BCUT2D eigenvalue weighted by Crippen LogP contribution is 2.02. The number of hydrogen-bond acceptors (Lipinski definition) is 1. The van der Waals surface area contributed by atoms with Crippen molar-refractivity contribution in [2.45, 2.75) is 6.92 Å². The second-order valence-corrected chi connectivity index (χ2v) is 3.01. The fraction of sp³-hybridized carbons (Fsp3) is 0.125. The summed E-state index contributed by atoms with van der Waals surface area (Å²) < 4.78 is 0. The number of halogens is 1. The second kappa shape index (κ2) is 4.34. The van der Waals surface area contributed by atoms with Crippen molar-refractivity contribution >= 4 is 14.5 Å². The third kappa shape index (κ3) is 2.50. The number of aryl methyl sites for hydroxylation is 1. The molecule has 1 aromatic carbocycles. The average Bonchev–Trinajstić information content (AvgIpc) is 1.95. The van der Waals surface area contributed by atoms with E-state index in [2.05, 4.69) is 6.07 Å². The molecule has 0 radical (unpaired) electrons. The third-order valence-corrected chi connectivity index (χ3v) is 2.24. The SMILES string of the molecule is Cc1ccc(C#N)cc1[PH3+].[Cl-]. The van der Waals surface area contributed by atoms with E-state index in [0.717, 1.165) is 5.56 Å². The van der Waals surface area contributed by atoms with E-state index in [1.807, 2.05) is 34.4 Å². The Morgan fingerprint density at radius 2 is 2.09 bits per heavy atom. The first-order valence-electron chi connectivity index (χ1n) is 3.07. The minimum Gasteiger partial charge on any atom is -1.00 e. The van der Waals surface area contributed by atoms with Crippen LogP contribution in [0.3, 0.4) is 0 Å². The minimum absolute atomic E-state index is 0. The van der Waals surface area contributed by atoms with Gasteiger partial charge in [-0.05, 0) is 24.6 Å². The molecule has 0 aliphatic carbocycles. The van der Waals surface area contributed by atoms with E-state index in [1.165, 1.54) is 10.9 Å². The molecule has 0 bridgehead atoms. The van der Waals surface area contributed by atoms with Crippen LogP contribution in [0.1, 0.15) is 11.1 Å². The summed E-state index contributed by atoms with van der Waals surface area (Å²) in [6, 6.07) is 7.82. The average molecular weight is 186 g/mol. The highest BCUT2D eigenvalue weighted by Gasteiger charge is 1.96. The highest BCUT2D eigenvalue weighted by molar-refractivity contribution is 7.27. The molecule has 0 aromatic heterocycles. The Kier molecular flexibility index (Phi) is 4.11. The molecule has 1 atom stereocenters. The van der Waals surface area contributed by atoms with Gasteiger partial charge in [-0.2, -0.15) is 5.26 Å². The van der Waals surface area contributed by atoms with Crippen molar-refractivity contribution in [3.63, 3.8) is 0 Å². The third-order valence-electron chi connectivity index (χ3n) is 1.48. The van der Waals surface area contributed by atoms with Gasteiger partial charge in [-0.1, -0.05) is 6.07 Å². The van der Waals surface area contributed by atoms with Crippen LogP contribution < -0.4 is 17.7 Å². The summed E-state index contributed by atoms with van der Waals surface area (Å²) in [5.41, 5.74) is 1.99. The maximum Gasteiger partial charge on any atom is 0.0993 e. The van der Waals surface area contributed by atoms with Gasteiger partial charge in [-0.15, -0.1) is 0 Å². The Morgan fingerprint density at radius 1 is 1.45 bits per heavy atom. The van der Waals surface area contributed by atoms with Gasteiger partial charge in [0.1, 0.15) is 0 Å². The number of benzene rings is 1. The minimum atomic E-state index is 0. The topological polar surface area (TPSA) is 23.8 Å². The molecule has 1 unspecified atom stereocenters. The van der Waals surface area contributed by atoms with Crippen molar-refractivity contribution < 1.29 is 12.4 Å². The van der Waals surface area contributed by atoms with Gasteiger partial charge in [-0.3, -0.25) is 0 Å². The maximum absolute atomic E-state index is 8.51. The van der Waals surface area contributed by atoms with E-state index >= 15 is 0 Å². The molecule has 0 amide bonds. The van der Waals surface area contributed by atoms with E-state index in [0.29, 0.717) is 0 Å². The number of nitriles is 1. The van der Waals surface area contributed by atoms with Gasteiger partial charge in [0.2, 0.25) is 0 Å². The van der Waals surface area contributed by atoms with Crippen LogP contribution in [0.15, 0.2) is 18.2 Å². The molecule has 0 aliphatic rings. The van der Waals surface area contributed by atoms with Gasteiger partial charge >= 0.3 is 0 Å². The zero-order valence-corrected chi connectivity index (χ0v) is 8.43. The fourth-order valence-corrected chi connectivity index (χ4v) is 1.08. The first-order valence-corrected chi connectivity index (χ1v) is 3.77. The molecule has 3 heteroatoms. The predicted molar refractivity (Wildman–Crippen MR) is 46.6 cm³/mol. The first-order chi connectivity index (χ1) is 4.74. The summed E-state index contributed by atoms with van der Waals surface area (Å²) in [5.74, 6) is 0. The van der Waals surface area contributed by atoms with Crippen molar-refractivity contribution in [2.24, 2.45) is 0 Å². The van der Waals surface area contributed by atoms with Crippen LogP contribution in [0.25, 0.3) is 0 Å². The molecular formula is C8H9ClNP. The van der Waals surface area contributed by atoms with E-state index < -0.39 is 0 Å². The van der Waals surface area contributed by atoms with Crippen molar-refractivity contribution in [3.8, 4) is 6.07 Å². The van der Waals surface area contributed by atoms with Crippen LogP contribution in [0.2, 0.25) is 0 Å². The van der Waals surface area contributed by atoms with E-state index in [-0.39, 0.29) is 12.4 Å². The number of nitrogens with zero attached hydrogens (tertiary/aromatic N) is 1.